The maximum absolute atomic E-state index is 13.6. The van der Waals surface area contributed by atoms with E-state index in [0.29, 0.717) is 46.5 Å². The van der Waals surface area contributed by atoms with Gasteiger partial charge in [0.05, 0.1) is 29.7 Å². The number of aromatic hydroxyl groups is 1. The van der Waals surface area contributed by atoms with E-state index in [-0.39, 0.29) is 17.5 Å². The predicted molar refractivity (Wildman–Crippen MR) is 129 cm³/mol. The topological polar surface area (TPSA) is 85.2 Å². The van der Waals surface area contributed by atoms with Gasteiger partial charge in [0.2, 0.25) is 0 Å². The van der Waals surface area contributed by atoms with Crippen LogP contribution in [0.4, 0.5) is 0 Å². The Morgan fingerprint density at radius 3 is 2.55 bits per heavy atom. The number of benzene rings is 2. The summed E-state index contributed by atoms with van der Waals surface area (Å²) < 4.78 is 11.1. The number of Topliss-reactive ketones (excluding diaryl/α,β-unsaturated/α-hetero) is 1. The molecule has 6 nitrogen and oxygen atoms in total. The molecule has 4 rings (SSSR count). The highest BCUT2D eigenvalue weighted by Crippen LogP contribution is 2.48. The molecule has 1 aliphatic carbocycles. The van der Waals surface area contributed by atoms with Crippen LogP contribution in [0.2, 0.25) is 0 Å². The number of phenolic OH excluding ortho intramolecular Hbond substituents is 1. The number of nitrogens with zero attached hydrogens (tertiary/aromatic N) is 1. The number of fused-ring (bicyclic) bond motifs is 1. The Morgan fingerprint density at radius 1 is 1.15 bits per heavy atom. The van der Waals surface area contributed by atoms with E-state index < -0.39 is 17.8 Å². The van der Waals surface area contributed by atoms with Gasteiger partial charge < -0.3 is 14.6 Å². The third-order valence-corrected chi connectivity index (χ3v) is 6.94. The number of esters is 1. The van der Waals surface area contributed by atoms with Gasteiger partial charge in [-0.05, 0) is 65.4 Å². The van der Waals surface area contributed by atoms with Crippen molar-refractivity contribution in [1.29, 1.82) is 0 Å². The van der Waals surface area contributed by atoms with E-state index in [1.807, 2.05) is 37.3 Å². The van der Waals surface area contributed by atoms with Crippen LogP contribution in [0, 0.1) is 5.92 Å². The van der Waals surface area contributed by atoms with Crippen LogP contribution in [0.25, 0.3) is 0 Å². The maximum Gasteiger partial charge on any atom is 0.336 e. The third-order valence-electron chi connectivity index (χ3n) is 6.34. The molecule has 3 atom stereocenters. The van der Waals surface area contributed by atoms with Gasteiger partial charge in [0.25, 0.3) is 0 Å². The Bertz CT molecular complexity index is 1150. The number of hydrogen-bond acceptors (Lipinski definition) is 6. The standard InChI is InChI=1S/C26H26BrNO5/c1-4-33-21-13-17(10-18(27)25(21)30)23-22(26(31)32-3)14(2)28-19-11-16(12-20(29)24(19)23)15-8-6-5-7-9-15/h5-10,13,16,23-24,30H,4,11-12H2,1-3H3/t16-,23+,24?/m0/s1. The van der Waals surface area contributed by atoms with Gasteiger partial charge >= 0.3 is 5.97 Å². The quantitative estimate of drug-likeness (QED) is 0.550. The highest BCUT2D eigenvalue weighted by atomic mass is 79.9. The summed E-state index contributed by atoms with van der Waals surface area (Å²) in [5.41, 5.74) is 3.47. The zero-order valence-corrected chi connectivity index (χ0v) is 20.4. The number of hydrogen-bond donors (Lipinski definition) is 1. The molecule has 172 valence electrons. The van der Waals surface area contributed by atoms with E-state index >= 15 is 0 Å². The number of allylic oxidation sites excluding steroid dienone is 1. The molecule has 7 heteroatoms. The Labute approximate surface area is 201 Å². The third kappa shape index (κ3) is 4.34. The van der Waals surface area contributed by atoms with Crippen LogP contribution in [-0.2, 0) is 14.3 Å². The molecular formula is C26H26BrNO5. The van der Waals surface area contributed by atoms with E-state index in [9.17, 15) is 14.7 Å². The first kappa shape index (κ1) is 23.2. The van der Waals surface area contributed by atoms with Gasteiger partial charge in [-0.25, -0.2) is 4.79 Å². The Hall–Kier alpha value is -2.93. The monoisotopic (exact) mass is 511 g/mol. The van der Waals surface area contributed by atoms with Crippen molar-refractivity contribution < 1.29 is 24.2 Å². The van der Waals surface area contributed by atoms with Gasteiger partial charge in [0.1, 0.15) is 5.78 Å². The minimum absolute atomic E-state index is 0.0234. The van der Waals surface area contributed by atoms with Crippen molar-refractivity contribution in [3.8, 4) is 11.5 Å². The first-order chi connectivity index (χ1) is 15.8. The average molecular weight is 512 g/mol. The van der Waals surface area contributed by atoms with Crippen LogP contribution in [0.5, 0.6) is 11.5 Å². The number of ether oxygens (including phenoxy) is 2. The van der Waals surface area contributed by atoms with Crippen molar-refractivity contribution in [2.45, 2.75) is 38.5 Å². The molecule has 1 unspecified atom stereocenters. The van der Waals surface area contributed by atoms with Crippen molar-refractivity contribution in [3.63, 3.8) is 0 Å². The van der Waals surface area contributed by atoms with Crippen molar-refractivity contribution in [3.05, 3.63) is 69.3 Å². The molecule has 2 aromatic carbocycles. The maximum atomic E-state index is 13.6. The van der Waals surface area contributed by atoms with E-state index in [1.54, 1.807) is 19.1 Å². The lowest BCUT2D eigenvalue weighted by molar-refractivity contribution is -0.136. The van der Waals surface area contributed by atoms with E-state index in [4.69, 9.17) is 14.5 Å². The number of rotatable bonds is 5. The molecular weight excluding hydrogens is 486 g/mol. The fraction of sp³-hybridized carbons (Fsp3) is 0.346. The molecule has 0 bridgehead atoms. The van der Waals surface area contributed by atoms with Crippen LogP contribution in [-0.4, -0.2) is 36.3 Å². The largest absolute Gasteiger partial charge is 0.503 e. The molecule has 0 spiro atoms. The summed E-state index contributed by atoms with van der Waals surface area (Å²) in [6.07, 6.45) is 1.01. The van der Waals surface area contributed by atoms with Gasteiger partial charge in [-0.1, -0.05) is 30.3 Å². The van der Waals surface area contributed by atoms with Gasteiger partial charge in [0.15, 0.2) is 11.5 Å². The van der Waals surface area contributed by atoms with Crippen molar-refractivity contribution >= 4 is 33.4 Å². The van der Waals surface area contributed by atoms with Crippen LogP contribution < -0.4 is 4.74 Å². The summed E-state index contributed by atoms with van der Waals surface area (Å²) in [6, 6.07) is 13.4. The second-order valence-corrected chi connectivity index (χ2v) is 9.17. The summed E-state index contributed by atoms with van der Waals surface area (Å²) in [5, 5.41) is 10.4. The van der Waals surface area contributed by atoms with Gasteiger partial charge in [-0.3, -0.25) is 9.79 Å². The molecule has 1 saturated carbocycles. The fourth-order valence-corrected chi connectivity index (χ4v) is 5.37. The highest BCUT2D eigenvalue weighted by molar-refractivity contribution is 9.10. The van der Waals surface area contributed by atoms with Gasteiger partial charge in [-0.2, -0.15) is 0 Å². The molecule has 1 aliphatic heterocycles. The minimum atomic E-state index is -0.578. The van der Waals surface area contributed by atoms with Crippen LogP contribution >= 0.6 is 15.9 Å². The summed E-state index contributed by atoms with van der Waals surface area (Å²) in [6.45, 7) is 3.96. The molecule has 0 saturated heterocycles. The molecule has 0 amide bonds. The Kier molecular flexibility index (Phi) is 6.70. The number of ketones is 1. The molecule has 2 aliphatic rings. The zero-order valence-electron chi connectivity index (χ0n) is 18.8. The van der Waals surface area contributed by atoms with Crippen molar-refractivity contribution in [1.82, 2.24) is 0 Å². The van der Waals surface area contributed by atoms with Crippen molar-refractivity contribution in [2.75, 3.05) is 13.7 Å². The van der Waals surface area contributed by atoms with E-state index in [1.165, 1.54) is 7.11 Å². The molecule has 1 N–H and O–H groups in total. The van der Waals surface area contributed by atoms with Gasteiger partial charge in [-0.15, -0.1) is 0 Å². The number of carbonyl (C=O) groups is 2. The zero-order chi connectivity index (χ0) is 23.7. The molecule has 33 heavy (non-hydrogen) atoms. The van der Waals surface area contributed by atoms with Crippen LogP contribution in [0.3, 0.4) is 0 Å². The number of aliphatic imine (C=N–C) groups is 1. The summed E-state index contributed by atoms with van der Waals surface area (Å²) in [7, 11) is 1.32. The number of halogens is 1. The number of phenols is 1. The number of methoxy groups -OCH3 is 1. The lowest BCUT2D eigenvalue weighted by Gasteiger charge is -2.38. The summed E-state index contributed by atoms with van der Waals surface area (Å²) in [4.78, 5) is 31.1. The minimum Gasteiger partial charge on any atom is -0.503 e. The Morgan fingerprint density at radius 2 is 1.88 bits per heavy atom. The Balaban J connectivity index is 1.84. The molecule has 0 aromatic heterocycles. The second kappa shape index (κ2) is 9.51. The predicted octanol–water partition coefficient (Wildman–Crippen LogP) is 5.30. The second-order valence-electron chi connectivity index (χ2n) is 8.31. The highest BCUT2D eigenvalue weighted by Gasteiger charge is 2.46. The lowest BCUT2D eigenvalue weighted by atomic mass is 9.66. The van der Waals surface area contributed by atoms with Crippen LogP contribution in [0.15, 0.2) is 63.2 Å². The fourth-order valence-electron chi connectivity index (χ4n) is 4.91. The molecule has 0 radical (unpaired) electrons. The smallest absolute Gasteiger partial charge is 0.336 e. The van der Waals surface area contributed by atoms with E-state index in [2.05, 4.69) is 15.9 Å². The number of carbonyl (C=O) groups excluding carboxylic acids is 2. The van der Waals surface area contributed by atoms with Crippen LogP contribution in [0.1, 0.15) is 49.7 Å². The average Bonchev–Trinajstić information content (AvgIpc) is 2.81. The first-order valence-corrected chi connectivity index (χ1v) is 11.7. The summed E-state index contributed by atoms with van der Waals surface area (Å²) >= 11 is 3.39. The van der Waals surface area contributed by atoms with Crippen molar-refractivity contribution in [2.24, 2.45) is 10.9 Å². The molecule has 2 aromatic rings. The SMILES string of the molecule is CCOc1cc([C@@H]2C(C(=O)OC)=C(C)N=C3C[C@H](c4ccccc4)CC(=O)C32)cc(Br)c1O. The molecule has 1 heterocycles. The summed E-state index contributed by atoms with van der Waals surface area (Å²) in [5.74, 6) is -1.32. The first-order valence-electron chi connectivity index (χ1n) is 10.9. The molecule has 1 fully saturated rings. The van der Waals surface area contributed by atoms with Gasteiger partial charge in [0, 0.05) is 23.7 Å². The van der Waals surface area contributed by atoms with E-state index in [0.717, 1.165) is 11.3 Å². The lowest BCUT2D eigenvalue weighted by Crippen LogP contribution is -2.41. The normalized spacial score (nSPS) is 22.5.